The van der Waals surface area contributed by atoms with E-state index in [-0.39, 0.29) is 0 Å². The Hall–Kier alpha value is -1.59. The maximum atomic E-state index is 5.62. The summed E-state index contributed by atoms with van der Waals surface area (Å²) in [5.74, 6) is 0.667. The zero-order valence-electron chi connectivity index (χ0n) is 15.5. The molecule has 1 aliphatic carbocycles. The monoisotopic (exact) mass is 356 g/mol. The van der Waals surface area contributed by atoms with Gasteiger partial charge in [0, 0.05) is 36.6 Å². The Bertz CT molecular complexity index is 792. The smallest absolute Gasteiger partial charge is 0.188 e. The van der Waals surface area contributed by atoms with Crippen molar-refractivity contribution in [1.29, 1.82) is 0 Å². The van der Waals surface area contributed by atoms with E-state index in [2.05, 4.69) is 65.2 Å². The predicted molar refractivity (Wildman–Crippen MR) is 109 cm³/mol. The van der Waals surface area contributed by atoms with Crippen molar-refractivity contribution in [3.63, 3.8) is 0 Å². The molecule has 134 valence electrons. The third kappa shape index (κ3) is 2.74. The van der Waals surface area contributed by atoms with E-state index >= 15 is 0 Å². The first-order valence-corrected chi connectivity index (χ1v) is 9.93. The quantitative estimate of drug-likeness (QED) is 0.850. The molecule has 1 aromatic carbocycles. The molecule has 25 heavy (non-hydrogen) atoms. The summed E-state index contributed by atoms with van der Waals surface area (Å²) in [7, 11) is 2.28. The van der Waals surface area contributed by atoms with Crippen molar-refractivity contribution in [2.45, 2.75) is 45.1 Å². The number of rotatable bonds is 3. The summed E-state index contributed by atoms with van der Waals surface area (Å²) in [4.78, 5) is 4.74. The van der Waals surface area contributed by atoms with E-state index in [1.807, 2.05) is 0 Å². The molecular weight excluding hydrogens is 328 g/mol. The minimum Gasteiger partial charge on any atom is -0.348 e. The zero-order valence-corrected chi connectivity index (χ0v) is 16.3. The number of thiocarbonyl (C=S) groups is 1. The average molecular weight is 357 g/mol. The Balaban J connectivity index is 1.74. The van der Waals surface area contributed by atoms with Crippen molar-refractivity contribution < 1.29 is 0 Å². The summed E-state index contributed by atoms with van der Waals surface area (Å²) in [5.41, 5.74) is 7.69. The molecule has 2 heterocycles. The standard InChI is InChI=1S/C20H28N4S/c1-4-23(5-2)20(25)21-24-13-14-12-18-15(9-7-11-22(18)3)16-8-6-10-17(24)19(14)16/h6,8,10,13,15,18H,4-5,7,9,11-12H2,1-3H3,(H,21,25)/t15-,18-/m1/s1. The fourth-order valence-corrected chi connectivity index (χ4v) is 5.11. The van der Waals surface area contributed by atoms with Crippen molar-refractivity contribution in [3.05, 3.63) is 35.5 Å². The maximum Gasteiger partial charge on any atom is 0.188 e. The highest BCUT2D eigenvalue weighted by atomic mass is 32.1. The van der Waals surface area contributed by atoms with Gasteiger partial charge in [0.2, 0.25) is 0 Å². The van der Waals surface area contributed by atoms with Crippen LogP contribution in [-0.4, -0.2) is 52.3 Å². The highest BCUT2D eigenvalue weighted by molar-refractivity contribution is 7.80. The van der Waals surface area contributed by atoms with Gasteiger partial charge < -0.3 is 9.80 Å². The molecule has 1 fully saturated rings. The highest BCUT2D eigenvalue weighted by Crippen LogP contribution is 2.43. The predicted octanol–water partition coefficient (Wildman–Crippen LogP) is 3.55. The average Bonchev–Trinajstić information content (AvgIpc) is 2.96. The number of benzene rings is 1. The molecule has 1 saturated heterocycles. The first kappa shape index (κ1) is 16.9. The van der Waals surface area contributed by atoms with Crippen LogP contribution in [-0.2, 0) is 6.42 Å². The number of hydrogen-bond donors (Lipinski definition) is 1. The van der Waals surface area contributed by atoms with E-state index in [1.165, 1.54) is 41.4 Å². The Morgan fingerprint density at radius 1 is 1.32 bits per heavy atom. The summed E-state index contributed by atoms with van der Waals surface area (Å²) in [6, 6.07) is 7.40. The fourth-order valence-electron chi connectivity index (χ4n) is 4.75. The van der Waals surface area contributed by atoms with Crippen LogP contribution in [0.25, 0.3) is 10.9 Å². The molecule has 0 amide bonds. The Morgan fingerprint density at radius 2 is 2.12 bits per heavy atom. The molecule has 2 aliphatic rings. The van der Waals surface area contributed by atoms with Gasteiger partial charge in [0.1, 0.15) is 0 Å². The van der Waals surface area contributed by atoms with Crippen molar-refractivity contribution in [3.8, 4) is 0 Å². The SMILES string of the molecule is CCN(CC)C(=S)Nn1cc2c3c(cccc31)[C@H]1CCCN(C)[C@@H]1C2. The zero-order chi connectivity index (χ0) is 17.6. The molecule has 1 aliphatic heterocycles. The molecule has 5 heteroatoms. The van der Waals surface area contributed by atoms with E-state index < -0.39 is 0 Å². The van der Waals surface area contributed by atoms with Gasteiger partial charge >= 0.3 is 0 Å². The number of likely N-dealkylation sites (tertiary alicyclic amines) is 1. The molecule has 0 bridgehead atoms. The summed E-state index contributed by atoms with van der Waals surface area (Å²) in [5, 5.41) is 2.25. The summed E-state index contributed by atoms with van der Waals surface area (Å²) in [6.07, 6.45) is 6.02. The minimum absolute atomic E-state index is 0.637. The van der Waals surface area contributed by atoms with Gasteiger partial charge in [0.15, 0.2) is 5.11 Å². The molecule has 1 aromatic heterocycles. The molecule has 0 unspecified atom stereocenters. The first-order valence-electron chi connectivity index (χ1n) is 9.53. The normalized spacial score (nSPS) is 22.7. The lowest BCUT2D eigenvalue weighted by atomic mass is 9.75. The van der Waals surface area contributed by atoms with Gasteiger partial charge in [0.25, 0.3) is 0 Å². The molecule has 0 saturated carbocycles. The van der Waals surface area contributed by atoms with Gasteiger partial charge in [-0.2, -0.15) is 0 Å². The number of aromatic nitrogens is 1. The number of likely N-dealkylation sites (N-methyl/N-ethyl adjacent to an activating group) is 1. The molecule has 2 atom stereocenters. The maximum absolute atomic E-state index is 5.62. The molecule has 1 N–H and O–H groups in total. The van der Waals surface area contributed by atoms with Crippen molar-refractivity contribution in [1.82, 2.24) is 14.5 Å². The second kappa shape index (κ2) is 6.61. The lowest BCUT2D eigenvalue weighted by Gasteiger charge is -2.42. The third-order valence-corrected chi connectivity index (χ3v) is 6.44. The van der Waals surface area contributed by atoms with Crippen LogP contribution in [0.4, 0.5) is 0 Å². The number of nitrogens with one attached hydrogen (secondary N) is 1. The van der Waals surface area contributed by atoms with Crippen LogP contribution < -0.4 is 5.43 Å². The van der Waals surface area contributed by atoms with Crippen LogP contribution in [0, 0.1) is 0 Å². The molecular formula is C20H28N4S. The highest BCUT2D eigenvalue weighted by Gasteiger charge is 2.36. The van der Waals surface area contributed by atoms with Crippen LogP contribution >= 0.6 is 12.2 Å². The second-order valence-electron chi connectivity index (χ2n) is 7.36. The van der Waals surface area contributed by atoms with Crippen molar-refractivity contribution >= 4 is 28.2 Å². The van der Waals surface area contributed by atoms with Crippen LogP contribution in [0.15, 0.2) is 24.4 Å². The van der Waals surface area contributed by atoms with Gasteiger partial charge in [-0.25, -0.2) is 0 Å². The Labute approximate surface area is 155 Å². The second-order valence-corrected chi connectivity index (χ2v) is 7.74. The van der Waals surface area contributed by atoms with Gasteiger partial charge in [-0.05, 0) is 76.1 Å². The van der Waals surface area contributed by atoms with Gasteiger partial charge in [-0.3, -0.25) is 10.1 Å². The van der Waals surface area contributed by atoms with Crippen LogP contribution in [0.5, 0.6) is 0 Å². The lowest BCUT2D eigenvalue weighted by Crippen LogP contribution is -2.44. The van der Waals surface area contributed by atoms with Gasteiger partial charge in [-0.1, -0.05) is 12.1 Å². The summed E-state index contributed by atoms with van der Waals surface area (Å²) < 4.78 is 2.14. The Morgan fingerprint density at radius 3 is 2.88 bits per heavy atom. The van der Waals surface area contributed by atoms with Crippen LogP contribution in [0.1, 0.15) is 43.7 Å². The number of hydrogen-bond acceptors (Lipinski definition) is 2. The topological polar surface area (TPSA) is 23.4 Å². The summed E-state index contributed by atoms with van der Waals surface area (Å²) in [6.45, 7) is 7.35. The van der Waals surface area contributed by atoms with E-state index in [0.29, 0.717) is 12.0 Å². The molecule has 4 rings (SSSR count). The number of fused-ring (bicyclic) bond motifs is 2. The number of piperidine rings is 1. The van der Waals surface area contributed by atoms with E-state index in [0.717, 1.165) is 24.6 Å². The molecule has 4 nitrogen and oxygen atoms in total. The largest absolute Gasteiger partial charge is 0.348 e. The van der Waals surface area contributed by atoms with E-state index in [9.17, 15) is 0 Å². The van der Waals surface area contributed by atoms with Gasteiger partial charge in [0.05, 0.1) is 5.52 Å². The Kier molecular flexibility index (Phi) is 4.46. The van der Waals surface area contributed by atoms with E-state index in [1.54, 1.807) is 0 Å². The summed E-state index contributed by atoms with van der Waals surface area (Å²) >= 11 is 5.62. The molecule has 0 spiro atoms. The third-order valence-electron chi connectivity index (χ3n) is 6.09. The van der Waals surface area contributed by atoms with Crippen molar-refractivity contribution in [2.75, 3.05) is 32.1 Å². The van der Waals surface area contributed by atoms with Crippen molar-refractivity contribution in [2.24, 2.45) is 0 Å². The van der Waals surface area contributed by atoms with E-state index in [4.69, 9.17) is 12.2 Å². The minimum atomic E-state index is 0.637. The molecule has 0 radical (unpaired) electrons. The van der Waals surface area contributed by atoms with Gasteiger partial charge in [-0.15, -0.1) is 0 Å². The molecule has 2 aromatic rings. The number of nitrogens with zero attached hydrogens (tertiary/aromatic N) is 3. The van der Waals surface area contributed by atoms with Crippen LogP contribution in [0.2, 0.25) is 0 Å². The lowest BCUT2D eigenvalue weighted by molar-refractivity contribution is 0.157. The van der Waals surface area contributed by atoms with Crippen LogP contribution in [0.3, 0.4) is 0 Å². The fraction of sp³-hybridized carbons (Fsp3) is 0.550. The first-order chi connectivity index (χ1) is 12.1.